The molecule has 1 N–H and O–H groups in total. The van der Waals surface area contributed by atoms with Crippen LogP contribution in [-0.2, 0) is 11.4 Å². The van der Waals surface area contributed by atoms with Crippen molar-refractivity contribution in [3.63, 3.8) is 0 Å². The molecule has 1 rings (SSSR count). The molecule has 3 nitrogen and oxygen atoms in total. The minimum atomic E-state index is 0.645. The molecule has 0 aliphatic heterocycles. The van der Waals surface area contributed by atoms with Crippen LogP contribution < -0.4 is 10.2 Å². The molecule has 0 fully saturated rings. The van der Waals surface area contributed by atoms with Crippen LogP contribution in [0.5, 0.6) is 5.75 Å². The zero-order valence-corrected chi connectivity index (χ0v) is 11.3. The van der Waals surface area contributed by atoms with Gasteiger partial charge in [0, 0.05) is 16.6 Å². The SMILES string of the molecule is CCCOc1ccc(Br)cc1CNOCC. The zero-order chi connectivity index (χ0) is 11.8. The Morgan fingerprint density at radius 2 is 2.12 bits per heavy atom. The second kappa shape index (κ2) is 7.65. The van der Waals surface area contributed by atoms with Gasteiger partial charge in [-0.1, -0.05) is 22.9 Å². The van der Waals surface area contributed by atoms with Crippen molar-refractivity contribution < 1.29 is 9.57 Å². The lowest BCUT2D eigenvalue weighted by Crippen LogP contribution is -2.14. The van der Waals surface area contributed by atoms with E-state index in [0.29, 0.717) is 13.2 Å². The molecular weight excluding hydrogens is 270 g/mol. The first kappa shape index (κ1) is 13.5. The van der Waals surface area contributed by atoms with E-state index in [4.69, 9.17) is 9.57 Å². The first-order chi connectivity index (χ1) is 7.77. The van der Waals surface area contributed by atoms with E-state index in [1.54, 1.807) is 0 Å². The van der Waals surface area contributed by atoms with Gasteiger partial charge in [0.15, 0.2) is 0 Å². The summed E-state index contributed by atoms with van der Waals surface area (Å²) in [5, 5.41) is 0. The fourth-order valence-electron chi connectivity index (χ4n) is 1.27. The average Bonchev–Trinajstić information content (AvgIpc) is 2.28. The topological polar surface area (TPSA) is 30.5 Å². The van der Waals surface area contributed by atoms with Gasteiger partial charge < -0.3 is 9.57 Å². The Kier molecular flexibility index (Phi) is 6.45. The highest BCUT2D eigenvalue weighted by Gasteiger charge is 2.04. The van der Waals surface area contributed by atoms with E-state index in [2.05, 4.69) is 28.3 Å². The van der Waals surface area contributed by atoms with Gasteiger partial charge in [0.1, 0.15) is 5.75 Å². The minimum absolute atomic E-state index is 0.645. The Balaban J connectivity index is 2.65. The number of benzene rings is 1. The van der Waals surface area contributed by atoms with E-state index >= 15 is 0 Å². The second-order valence-corrected chi connectivity index (χ2v) is 4.27. The summed E-state index contributed by atoms with van der Waals surface area (Å²) in [6.07, 6.45) is 1.01. The molecule has 0 heterocycles. The lowest BCUT2D eigenvalue weighted by atomic mass is 10.2. The van der Waals surface area contributed by atoms with E-state index in [1.165, 1.54) is 0 Å². The van der Waals surface area contributed by atoms with E-state index in [9.17, 15) is 0 Å². The molecule has 0 radical (unpaired) electrons. The summed E-state index contributed by atoms with van der Waals surface area (Å²) in [6, 6.07) is 5.99. The van der Waals surface area contributed by atoms with E-state index in [0.717, 1.165) is 28.8 Å². The third-order valence-corrected chi connectivity index (χ3v) is 2.49. The summed E-state index contributed by atoms with van der Waals surface area (Å²) in [4.78, 5) is 5.12. The summed E-state index contributed by atoms with van der Waals surface area (Å²) in [5.41, 5.74) is 3.99. The molecule has 0 spiro atoms. The van der Waals surface area contributed by atoms with Gasteiger partial charge in [-0.3, -0.25) is 0 Å². The van der Waals surface area contributed by atoms with Crippen LogP contribution >= 0.6 is 15.9 Å². The predicted molar refractivity (Wildman–Crippen MR) is 68.4 cm³/mol. The lowest BCUT2D eigenvalue weighted by Gasteiger charge is -2.11. The fourth-order valence-corrected chi connectivity index (χ4v) is 1.68. The summed E-state index contributed by atoms with van der Waals surface area (Å²) in [6.45, 7) is 6.08. The van der Waals surface area contributed by atoms with Gasteiger partial charge in [0.05, 0.1) is 13.2 Å². The summed E-state index contributed by atoms with van der Waals surface area (Å²) in [5.74, 6) is 0.914. The molecule has 0 saturated heterocycles. The van der Waals surface area contributed by atoms with Gasteiger partial charge >= 0.3 is 0 Å². The van der Waals surface area contributed by atoms with Gasteiger partial charge in [0.2, 0.25) is 0 Å². The van der Waals surface area contributed by atoms with Gasteiger partial charge in [-0.2, -0.15) is 5.48 Å². The number of ether oxygens (including phenoxy) is 1. The van der Waals surface area contributed by atoms with Crippen molar-refractivity contribution in [3.05, 3.63) is 28.2 Å². The van der Waals surface area contributed by atoms with E-state index in [-0.39, 0.29) is 0 Å². The van der Waals surface area contributed by atoms with Crippen LogP contribution in [0.4, 0.5) is 0 Å². The smallest absolute Gasteiger partial charge is 0.123 e. The number of hydrogen-bond acceptors (Lipinski definition) is 3. The number of rotatable bonds is 7. The molecule has 0 aliphatic rings. The second-order valence-electron chi connectivity index (χ2n) is 3.35. The molecule has 0 atom stereocenters. The monoisotopic (exact) mass is 287 g/mol. The fraction of sp³-hybridized carbons (Fsp3) is 0.500. The first-order valence-corrected chi connectivity index (χ1v) is 6.33. The summed E-state index contributed by atoms with van der Waals surface area (Å²) < 4.78 is 6.70. The van der Waals surface area contributed by atoms with Gasteiger partial charge in [-0.05, 0) is 31.5 Å². The van der Waals surface area contributed by atoms with Crippen molar-refractivity contribution in [2.45, 2.75) is 26.8 Å². The Bertz CT molecular complexity index is 318. The molecular formula is C12H18BrNO2. The molecule has 0 bridgehead atoms. The minimum Gasteiger partial charge on any atom is -0.493 e. The number of nitrogens with one attached hydrogen (secondary N) is 1. The highest BCUT2D eigenvalue weighted by molar-refractivity contribution is 9.10. The van der Waals surface area contributed by atoms with Crippen molar-refractivity contribution in [1.29, 1.82) is 0 Å². The third kappa shape index (κ3) is 4.51. The van der Waals surface area contributed by atoms with Crippen molar-refractivity contribution in [2.24, 2.45) is 0 Å². The van der Waals surface area contributed by atoms with E-state index in [1.807, 2.05) is 25.1 Å². The molecule has 4 heteroatoms. The number of hydroxylamine groups is 1. The van der Waals surface area contributed by atoms with Crippen LogP contribution in [0.25, 0.3) is 0 Å². The van der Waals surface area contributed by atoms with Crippen LogP contribution in [-0.4, -0.2) is 13.2 Å². The van der Waals surface area contributed by atoms with Crippen molar-refractivity contribution in [2.75, 3.05) is 13.2 Å². The molecule has 1 aromatic rings. The maximum atomic E-state index is 5.66. The van der Waals surface area contributed by atoms with Crippen LogP contribution in [0.2, 0.25) is 0 Å². The molecule has 16 heavy (non-hydrogen) atoms. The molecule has 0 aliphatic carbocycles. The first-order valence-electron chi connectivity index (χ1n) is 5.53. The molecule has 0 amide bonds. The standard InChI is InChI=1S/C12H18BrNO2/c1-3-7-15-12-6-5-11(13)8-10(12)9-14-16-4-2/h5-6,8,14H,3-4,7,9H2,1-2H3. The maximum Gasteiger partial charge on any atom is 0.123 e. The summed E-state index contributed by atoms with van der Waals surface area (Å²) >= 11 is 3.45. The number of halogens is 1. The quantitative estimate of drug-likeness (QED) is 0.617. The molecule has 0 saturated carbocycles. The van der Waals surface area contributed by atoms with Crippen LogP contribution in [0.1, 0.15) is 25.8 Å². The Labute approximate surface area is 105 Å². The molecule has 0 unspecified atom stereocenters. The Hall–Kier alpha value is -0.580. The summed E-state index contributed by atoms with van der Waals surface area (Å²) in [7, 11) is 0. The van der Waals surface area contributed by atoms with Crippen molar-refractivity contribution >= 4 is 15.9 Å². The third-order valence-electron chi connectivity index (χ3n) is 1.99. The predicted octanol–water partition coefficient (Wildman–Crippen LogP) is 3.28. The highest BCUT2D eigenvalue weighted by atomic mass is 79.9. The van der Waals surface area contributed by atoms with Gasteiger partial charge in [-0.15, -0.1) is 0 Å². The van der Waals surface area contributed by atoms with Gasteiger partial charge in [-0.25, -0.2) is 0 Å². The Morgan fingerprint density at radius 3 is 2.81 bits per heavy atom. The van der Waals surface area contributed by atoms with Crippen LogP contribution in [0.15, 0.2) is 22.7 Å². The van der Waals surface area contributed by atoms with Crippen LogP contribution in [0, 0.1) is 0 Å². The van der Waals surface area contributed by atoms with Crippen molar-refractivity contribution in [1.82, 2.24) is 5.48 Å². The lowest BCUT2D eigenvalue weighted by molar-refractivity contribution is 0.0458. The largest absolute Gasteiger partial charge is 0.493 e. The average molecular weight is 288 g/mol. The molecule has 90 valence electrons. The van der Waals surface area contributed by atoms with Crippen LogP contribution in [0.3, 0.4) is 0 Å². The maximum absolute atomic E-state index is 5.66. The van der Waals surface area contributed by atoms with Crippen molar-refractivity contribution in [3.8, 4) is 5.75 Å². The molecule has 1 aromatic carbocycles. The number of hydrogen-bond donors (Lipinski definition) is 1. The van der Waals surface area contributed by atoms with E-state index < -0.39 is 0 Å². The zero-order valence-electron chi connectivity index (χ0n) is 9.75. The molecule has 0 aromatic heterocycles. The highest BCUT2D eigenvalue weighted by Crippen LogP contribution is 2.23. The normalized spacial score (nSPS) is 10.4. The Morgan fingerprint density at radius 1 is 1.31 bits per heavy atom. The van der Waals surface area contributed by atoms with Gasteiger partial charge in [0.25, 0.3) is 0 Å².